The predicted octanol–water partition coefficient (Wildman–Crippen LogP) is 0.942. The van der Waals surface area contributed by atoms with Gasteiger partial charge in [-0.15, -0.1) is 11.3 Å². The fourth-order valence-corrected chi connectivity index (χ4v) is 3.54. The van der Waals surface area contributed by atoms with Crippen LogP contribution in [0, 0.1) is 0 Å². The molecule has 6 nitrogen and oxygen atoms in total. The van der Waals surface area contributed by atoms with E-state index in [-0.39, 0.29) is 10.0 Å². The lowest BCUT2D eigenvalue weighted by molar-refractivity contribution is 0.315. The summed E-state index contributed by atoms with van der Waals surface area (Å²) in [6.45, 7) is 1.89. The van der Waals surface area contributed by atoms with Crippen LogP contribution in [0.15, 0.2) is 26.9 Å². The Hall–Kier alpha value is -1.12. The molecule has 0 saturated carbocycles. The van der Waals surface area contributed by atoms with Crippen molar-refractivity contribution in [2.24, 2.45) is 10.9 Å². The Balaban J connectivity index is 2.87. The zero-order valence-electron chi connectivity index (χ0n) is 9.33. The summed E-state index contributed by atoms with van der Waals surface area (Å²) in [6.07, 6.45) is 1.19. The van der Waals surface area contributed by atoms with Gasteiger partial charge in [0, 0.05) is 0 Å². The van der Waals surface area contributed by atoms with Crippen molar-refractivity contribution in [1.82, 2.24) is 4.72 Å². The van der Waals surface area contributed by atoms with Crippen molar-refractivity contribution in [2.45, 2.75) is 30.0 Å². The van der Waals surface area contributed by atoms with Crippen LogP contribution in [0.5, 0.6) is 0 Å². The van der Waals surface area contributed by atoms with E-state index in [1.54, 1.807) is 11.4 Å². The molecule has 0 saturated heterocycles. The van der Waals surface area contributed by atoms with E-state index in [1.165, 1.54) is 6.07 Å². The highest BCUT2D eigenvalue weighted by Crippen LogP contribution is 2.16. The third kappa shape index (κ3) is 3.69. The van der Waals surface area contributed by atoms with E-state index >= 15 is 0 Å². The largest absolute Gasteiger partial charge is 0.409 e. The summed E-state index contributed by atoms with van der Waals surface area (Å²) in [7, 11) is -3.60. The van der Waals surface area contributed by atoms with E-state index in [2.05, 4.69) is 9.88 Å². The molecule has 0 aromatic carbocycles. The molecule has 0 bridgehead atoms. The van der Waals surface area contributed by atoms with Gasteiger partial charge >= 0.3 is 0 Å². The second-order valence-electron chi connectivity index (χ2n) is 3.42. The molecule has 0 amide bonds. The third-order valence-electron chi connectivity index (χ3n) is 2.11. The highest BCUT2D eigenvalue weighted by atomic mass is 32.2. The highest BCUT2D eigenvalue weighted by Gasteiger charge is 2.23. The quantitative estimate of drug-likeness (QED) is 0.311. The minimum atomic E-state index is -3.60. The van der Waals surface area contributed by atoms with Gasteiger partial charge in [-0.2, -0.15) is 4.72 Å². The van der Waals surface area contributed by atoms with Crippen LogP contribution in [-0.4, -0.2) is 25.5 Å². The lowest BCUT2D eigenvalue weighted by Gasteiger charge is -2.15. The number of rotatable bonds is 6. The van der Waals surface area contributed by atoms with Gasteiger partial charge in [-0.3, -0.25) is 0 Å². The SMILES string of the molecule is CCCC(NS(=O)(=O)c1cccs1)/C(N)=N/O. The fraction of sp³-hybridized carbons (Fsp3) is 0.444. The van der Waals surface area contributed by atoms with E-state index in [0.717, 1.165) is 11.3 Å². The molecular formula is C9H15N3O3S2. The highest BCUT2D eigenvalue weighted by molar-refractivity contribution is 7.91. The number of nitrogens with one attached hydrogen (secondary N) is 1. The Morgan fingerprint density at radius 2 is 2.41 bits per heavy atom. The number of amidine groups is 1. The monoisotopic (exact) mass is 277 g/mol. The number of sulfonamides is 1. The summed E-state index contributed by atoms with van der Waals surface area (Å²) in [5.74, 6) is -0.132. The van der Waals surface area contributed by atoms with Crippen molar-refractivity contribution in [3.05, 3.63) is 17.5 Å². The van der Waals surface area contributed by atoms with Crippen molar-refractivity contribution >= 4 is 27.2 Å². The molecular weight excluding hydrogens is 262 g/mol. The summed E-state index contributed by atoms with van der Waals surface area (Å²) < 4.78 is 26.4. The maximum Gasteiger partial charge on any atom is 0.250 e. The first-order chi connectivity index (χ1) is 8.01. The summed E-state index contributed by atoms with van der Waals surface area (Å²) in [6, 6.07) is 2.47. The summed E-state index contributed by atoms with van der Waals surface area (Å²) >= 11 is 1.12. The average Bonchev–Trinajstić information content (AvgIpc) is 2.81. The summed E-state index contributed by atoms with van der Waals surface area (Å²) in [5, 5.41) is 13.1. The number of thiophene rings is 1. The van der Waals surface area contributed by atoms with E-state index in [9.17, 15) is 8.42 Å². The number of nitrogens with two attached hydrogens (primary N) is 1. The van der Waals surface area contributed by atoms with Gasteiger partial charge in [-0.25, -0.2) is 8.42 Å². The minimum absolute atomic E-state index is 0.132. The lowest BCUT2D eigenvalue weighted by Crippen LogP contribution is -2.44. The van der Waals surface area contributed by atoms with Crippen LogP contribution in [0.25, 0.3) is 0 Å². The average molecular weight is 277 g/mol. The molecule has 0 aliphatic heterocycles. The molecule has 1 unspecified atom stereocenters. The number of hydrogen-bond donors (Lipinski definition) is 3. The molecule has 96 valence electrons. The van der Waals surface area contributed by atoms with Crippen molar-refractivity contribution in [3.8, 4) is 0 Å². The Bertz CT molecular complexity index is 468. The Labute approximate surface area is 104 Å². The predicted molar refractivity (Wildman–Crippen MR) is 66.7 cm³/mol. The van der Waals surface area contributed by atoms with Crippen LogP contribution in [0.2, 0.25) is 0 Å². The zero-order chi connectivity index (χ0) is 12.9. The number of hydrogen-bond acceptors (Lipinski definition) is 5. The normalized spacial score (nSPS) is 14.8. The van der Waals surface area contributed by atoms with Gasteiger partial charge in [0.25, 0.3) is 10.0 Å². The Morgan fingerprint density at radius 1 is 1.71 bits per heavy atom. The van der Waals surface area contributed by atoms with Crippen LogP contribution in [0.1, 0.15) is 19.8 Å². The van der Waals surface area contributed by atoms with E-state index in [0.29, 0.717) is 12.8 Å². The molecule has 4 N–H and O–H groups in total. The van der Waals surface area contributed by atoms with Crippen LogP contribution < -0.4 is 10.5 Å². The summed E-state index contributed by atoms with van der Waals surface area (Å²) in [5.41, 5.74) is 5.44. The second-order valence-corrected chi connectivity index (χ2v) is 6.31. The fourth-order valence-electron chi connectivity index (χ4n) is 1.29. The number of oxime groups is 1. The van der Waals surface area contributed by atoms with Crippen LogP contribution in [-0.2, 0) is 10.0 Å². The maximum absolute atomic E-state index is 11.9. The Morgan fingerprint density at radius 3 is 2.88 bits per heavy atom. The molecule has 0 radical (unpaired) electrons. The maximum atomic E-state index is 11.9. The van der Waals surface area contributed by atoms with Gasteiger partial charge < -0.3 is 10.9 Å². The van der Waals surface area contributed by atoms with Gasteiger partial charge in [0.15, 0.2) is 5.84 Å². The first-order valence-electron chi connectivity index (χ1n) is 5.04. The van der Waals surface area contributed by atoms with Crippen molar-refractivity contribution in [1.29, 1.82) is 0 Å². The molecule has 1 aromatic rings. The van der Waals surface area contributed by atoms with Crippen molar-refractivity contribution in [3.63, 3.8) is 0 Å². The minimum Gasteiger partial charge on any atom is -0.409 e. The van der Waals surface area contributed by atoms with Gasteiger partial charge in [0.1, 0.15) is 4.21 Å². The standard InChI is InChI=1S/C9H15N3O3S2/c1-2-4-7(9(10)11-13)12-17(14,15)8-5-3-6-16-8/h3,5-7,12-13H,2,4H2,1H3,(H2,10,11). The number of nitrogens with zero attached hydrogens (tertiary/aromatic N) is 1. The molecule has 1 rings (SSSR count). The Kier molecular flexibility index (Phi) is 4.91. The zero-order valence-corrected chi connectivity index (χ0v) is 11.0. The molecule has 1 atom stereocenters. The third-order valence-corrected chi connectivity index (χ3v) is 4.98. The molecule has 0 spiro atoms. The second kappa shape index (κ2) is 5.99. The van der Waals surface area contributed by atoms with Crippen molar-refractivity contribution < 1.29 is 13.6 Å². The smallest absolute Gasteiger partial charge is 0.250 e. The molecule has 0 aliphatic rings. The topological polar surface area (TPSA) is 105 Å². The molecule has 1 heterocycles. The lowest BCUT2D eigenvalue weighted by atomic mass is 10.2. The molecule has 0 fully saturated rings. The molecule has 17 heavy (non-hydrogen) atoms. The van der Waals surface area contributed by atoms with E-state index < -0.39 is 16.1 Å². The van der Waals surface area contributed by atoms with Crippen LogP contribution in [0.3, 0.4) is 0 Å². The first-order valence-corrected chi connectivity index (χ1v) is 7.40. The van der Waals surface area contributed by atoms with Gasteiger partial charge in [-0.05, 0) is 17.9 Å². The van der Waals surface area contributed by atoms with E-state index in [1.807, 2.05) is 6.92 Å². The van der Waals surface area contributed by atoms with E-state index in [4.69, 9.17) is 10.9 Å². The summed E-state index contributed by atoms with van der Waals surface area (Å²) in [4.78, 5) is 0. The van der Waals surface area contributed by atoms with Gasteiger partial charge in [0.2, 0.25) is 0 Å². The molecule has 8 heteroatoms. The van der Waals surface area contributed by atoms with Crippen LogP contribution >= 0.6 is 11.3 Å². The first kappa shape index (κ1) is 13.9. The molecule has 1 aromatic heterocycles. The molecule has 0 aliphatic carbocycles. The van der Waals surface area contributed by atoms with Gasteiger partial charge in [-0.1, -0.05) is 24.6 Å². The van der Waals surface area contributed by atoms with Crippen molar-refractivity contribution in [2.75, 3.05) is 0 Å². The van der Waals surface area contributed by atoms with Gasteiger partial charge in [0.05, 0.1) is 6.04 Å². The van der Waals surface area contributed by atoms with Crippen LogP contribution in [0.4, 0.5) is 0 Å².